The van der Waals surface area contributed by atoms with E-state index in [0.29, 0.717) is 18.5 Å². The summed E-state index contributed by atoms with van der Waals surface area (Å²) in [6, 6.07) is 7.28. The van der Waals surface area contributed by atoms with Gasteiger partial charge < -0.3 is 10.0 Å². The number of hydrogen-bond donors (Lipinski definition) is 1. The third kappa shape index (κ3) is 3.14. The first kappa shape index (κ1) is 17.1. The number of halogens is 1. The first-order valence-electron chi connectivity index (χ1n) is 8.27. The van der Waals surface area contributed by atoms with E-state index < -0.39 is 17.4 Å². The summed E-state index contributed by atoms with van der Waals surface area (Å²) in [6.45, 7) is 0. The zero-order valence-corrected chi connectivity index (χ0v) is 14.0. The number of carboxylic acid groups (broad SMARTS) is 1. The molecule has 0 atom stereocenters. The number of carbonyl (C=O) groups excluding carboxylic acids is 1. The van der Waals surface area contributed by atoms with Crippen LogP contribution in [0.1, 0.15) is 42.6 Å². The van der Waals surface area contributed by atoms with Crippen LogP contribution in [0, 0.1) is 5.82 Å². The van der Waals surface area contributed by atoms with Crippen molar-refractivity contribution >= 4 is 11.9 Å². The van der Waals surface area contributed by atoms with Crippen LogP contribution in [-0.4, -0.2) is 44.3 Å². The van der Waals surface area contributed by atoms with Crippen LogP contribution in [-0.2, 0) is 4.79 Å². The maximum absolute atomic E-state index is 13.0. The fourth-order valence-corrected chi connectivity index (χ4v) is 3.37. The van der Waals surface area contributed by atoms with Gasteiger partial charge in [0.05, 0.1) is 5.69 Å². The summed E-state index contributed by atoms with van der Waals surface area (Å²) in [4.78, 5) is 25.9. The van der Waals surface area contributed by atoms with Gasteiger partial charge in [-0.05, 0) is 43.2 Å². The molecular formula is C18H20FN3O3. The standard InChI is InChI=1S/C18H20FN3O3/c1-21(18(17(24)25)10-3-2-4-11-18)16(23)15-9-12-22(20-15)14-7-5-13(19)6-8-14/h5-9,12H,2-4,10-11H2,1H3,(H,24,25). The highest BCUT2D eigenvalue weighted by atomic mass is 19.1. The van der Waals surface area contributed by atoms with Gasteiger partial charge in [0.1, 0.15) is 11.4 Å². The highest BCUT2D eigenvalue weighted by Gasteiger charge is 2.46. The van der Waals surface area contributed by atoms with E-state index in [1.807, 2.05) is 0 Å². The first-order chi connectivity index (χ1) is 11.9. The van der Waals surface area contributed by atoms with E-state index in [9.17, 15) is 19.1 Å². The minimum Gasteiger partial charge on any atom is -0.479 e. The van der Waals surface area contributed by atoms with Gasteiger partial charge in [0.2, 0.25) is 0 Å². The Hall–Kier alpha value is -2.70. The SMILES string of the molecule is CN(C(=O)c1ccn(-c2ccc(F)cc2)n1)C1(C(=O)O)CCCCC1. The third-order valence-electron chi connectivity index (χ3n) is 4.92. The van der Waals surface area contributed by atoms with E-state index in [1.165, 1.54) is 28.8 Å². The van der Waals surface area contributed by atoms with Crippen molar-refractivity contribution in [1.82, 2.24) is 14.7 Å². The van der Waals surface area contributed by atoms with E-state index in [-0.39, 0.29) is 11.5 Å². The van der Waals surface area contributed by atoms with Crippen LogP contribution in [0.5, 0.6) is 0 Å². The van der Waals surface area contributed by atoms with Crippen LogP contribution in [0.25, 0.3) is 5.69 Å². The fourth-order valence-electron chi connectivity index (χ4n) is 3.37. The van der Waals surface area contributed by atoms with Gasteiger partial charge in [0.15, 0.2) is 5.69 Å². The zero-order valence-electron chi connectivity index (χ0n) is 14.0. The van der Waals surface area contributed by atoms with Crippen LogP contribution in [0.4, 0.5) is 4.39 Å². The molecule has 0 spiro atoms. The predicted octanol–water partition coefficient (Wildman–Crippen LogP) is 2.87. The minimum atomic E-state index is -1.17. The van der Waals surface area contributed by atoms with Crippen LogP contribution in [0.3, 0.4) is 0 Å². The summed E-state index contributed by atoms with van der Waals surface area (Å²) >= 11 is 0. The topological polar surface area (TPSA) is 75.4 Å². The number of rotatable bonds is 4. The Morgan fingerprint density at radius 2 is 1.80 bits per heavy atom. The summed E-state index contributed by atoms with van der Waals surface area (Å²) in [6.07, 6.45) is 5.05. The Kier molecular flexibility index (Phi) is 4.57. The third-order valence-corrected chi connectivity index (χ3v) is 4.92. The van der Waals surface area contributed by atoms with Crippen molar-refractivity contribution in [2.45, 2.75) is 37.6 Å². The van der Waals surface area contributed by atoms with E-state index in [4.69, 9.17) is 0 Å². The zero-order chi connectivity index (χ0) is 18.0. The van der Waals surface area contributed by atoms with Crippen molar-refractivity contribution < 1.29 is 19.1 Å². The molecule has 0 unspecified atom stereocenters. The summed E-state index contributed by atoms with van der Waals surface area (Å²) in [5, 5.41) is 13.9. The average molecular weight is 345 g/mol. The molecule has 1 amide bonds. The number of nitrogens with zero attached hydrogens (tertiary/aromatic N) is 3. The Bertz CT molecular complexity index is 779. The highest BCUT2D eigenvalue weighted by molar-refractivity contribution is 5.96. The predicted molar refractivity (Wildman–Crippen MR) is 89.1 cm³/mol. The molecule has 0 bridgehead atoms. The molecule has 2 aromatic rings. The lowest BCUT2D eigenvalue weighted by Crippen LogP contribution is -2.56. The molecule has 6 nitrogen and oxygen atoms in total. The van der Waals surface area contributed by atoms with E-state index in [0.717, 1.165) is 19.3 Å². The molecule has 1 heterocycles. The largest absolute Gasteiger partial charge is 0.479 e. The molecule has 1 aliphatic rings. The van der Waals surface area contributed by atoms with Gasteiger partial charge in [-0.15, -0.1) is 0 Å². The van der Waals surface area contributed by atoms with Crippen molar-refractivity contribution in [1.29, 1.82) is 0 Å². The van der Waals surface area contributed by atoms with Crippen LogP contribution >= 0.6 is 0 Å². The molecule has 132 valence electrons. The Balaban J connectivity index is 1.85. The van der Waals surface area contributed by atoms with Crippen LogP contribution in [0.2, 0.25) is 0 Å². The summed E-state index contributed by atoms with van der Waals surface area (Å²) in [5.41, 5.74) is -0.388. The number of hydrogen-bond acceptors (Lipinski definition) is 3. The number of amides is 1. The molecule has 1 saturated carbocycles. The first-order valence-corrected chi connectivity index (χ1v) is 8.27. The second-order valence-electron chi connectivity index (χ2n) is 6.38. The molecule has 1 fully saturated rings. The Morgan fingerprint density at radius 1 is 1.16 bits per heavy atom. The number of carbonyl (C=O) groups is 2. The van der Waals surface area contributed by atoms with Gasteiger partial charge in [0, 0.05) is 13.2 Å². The van der Waals surface area contributed by atoms with Gasteiger partial charge in [0.25, 0.3) is 5.91 Å². The maximum atomic E-state index is 13.0. The van der Waals surface area contributed by atoms with Crippen molar-refractivity contribution in [3.63, 3.8) is 0 Å². The fraction of sp³-hybridized carbons (Fsp3) is 0.389. The number of benzene rings is 1. The van der Waals surface area contributed by atoms with Crippen molar-refractivity contribution in [2.75, 3.05) is 7.05 Å². The second-order valence-corrected chi connectivity index (χ2v) is 6.38. The molecule has 3 rings (SSSR count). The van der Waals surface area contributed by atoms with E-state index in [1.54, 1.807) is 24.4 Å². The summed E-state index contributed by atoms with van der Waals surface area (Å²) < 4.78 is 14.5. The normalized spacial score (nSPS) is 16.4. The lowest BCUT2D eigenvalue weighted by atomic mass is 9.80. The summed E-state index contributed by atoms with van der Waals surface area (Å²) in [5.74, 6) is -1.75. The molecular weight excluding hydrogens is 325 g/mol. The minimum absolute atomic E-state index is 0.165. The lowest BCUT2D eigenvalue weighted by molar-refractivity contribution is -0.151. The molecule has 0 radical (unpaired) electrons. The van der Waals surface area contributed by atoms with Crippen LogP contribution in [0.15, 0.2) is 36.5 Å². The van der Waals surface area contributed by atoms with Gasteiger partial charge in [-0.3, -0.25) is 4.79 Å². The van der Waals surface area contributed by atoms with Crippen molar-refractivity contribution in [3.8, 4) is 5.69 Å². The highest BCUT2D eigenvalue weighted by Crippen LogP contribution is 2.34. The average Bonchev–Trinajstić information content (AvgIpc) is 3.11. The smallest absolute Gasteiger partial charge is 0.329 e. The molecule has 1 aliphatic carbocycles. The van der Waals surface area contributed by atoms with E-state index >= 15 is 0 Å². The Labute approximate surface area is 144 Å². The van der Waals surface area contributed by atoms with Crippen molar-refractivity contribution in [3.05, 3.63) is 48.0 Å². The number of aliphatic carboxylic acids is 1. The second kappa shape index (κ2) is 6.66. The molecule has 1 aromatic heterocycles. The molecule has 7 heteroatoms. The molecule has 25 heavy (non-hydrogen) atoms. The van der Waals surface area contributed by atoms with Gasteiger partial charge in [-0.2, -0.15) is 5.10 Å². The number of carboxylic acids is 1. The molecule has 0 saturated heterocycles. The van der Waals surface area contributed by atoms with Crippen LogP contribution < -0.4 is 0 Å². The molecule has 1 N–H and O–H groups in total. The quantitative estimate of drug-likeness (QED) is 0.924. The molecule has 0 aliphatic heterocycles. The lowest BCUT2D eigenvalue weighted by Gasteiger charge is -2.40. The Morgan fingerprint density at radius 3 is 2.40 bits per heavy atom. The number of likely N-dealkylation sites (N-methyl/N-ethyl adjacent to an activating group) is 1. The van der Waals surface area contributed by atoms with E-state index in [2.05, 4.69) is 5.10 Å². The van der Waals surface area contributed by atoms with Gasteiger partial charge in [-0.1, -0.05) is 19.3 Å². The van der Waals surface area contributed by atoms with Gasteiger partial charge in [-0.25, -0.2) is 13.9 Å². The number of aromatic nitrogens is 2. The molecule has 1 aromatic carbocycles. The maximum Gasteiger partial charge on any atom is 0.329 e. The monoisotopic (exact) mass is 345 g/mol. The summed E-state index contributed by atoms with van der Waals surface area (Å²) in [7, 11) is 1.53. The van der Waals surface area contributed by atoms with Gasteiger partial charge >= 0.3 is 5.97 Å². The van der Waals surface area contributed by atoms with Crippen molar-refractivity contribution in [2.24, 2.45) is 0 Å².